The number of methoxy groups -OCH3 is 1. The van der Waals surface area contributed by atoms with E-state index in [1.165, 1.54) is 11.1 Å². The predicted molar refractivity (Wildman–Crippen MR) is 96.7 cm³/mol. The molecule has 1 unspecified atom stereocenters. The quantitative estimate of drug-likeness (QED) is 0.858. The van der Waals surface area contributed by atoms with Crippen molar-refractivity contribution in [3.63, 3.8) is 0 Å². The molecule has 1 saturated heterocycles. The molecule has 1 aromatic carbocycles. The topological polar surface area (TPSA) is 47.4 Å². The van der Waals surface area contributed by atoms with E-state index in [-0.39, 0.29) is 5.91 Å². The van der Waals surface area contributed by atoms with Crippen molar-refractivity contribution in [3.05, 3.63) is 47.2 Å². The number of aromatic nitrogens is 2. The van der Waals surface area contributed by atoms with Gasteiger partial charge < -0.3 is 9.64 Å². The Kier molecular flexibility index (Phi) is 5.14. The molecule has 0 aliphatic carbocycles. The lowest BCUT2D eigenvalue weighted by Gasteiger charge is -2.20. The highest BCUT2D eigenvalue weighted by Crippen LogP contribution is 2.36. The maximum Gasteiger partial charge on any atom is 0.261 e. The van der Waals surface area contributed by atoms with Crippen LogP contribution in [0.15, 0.2) is 30.5 Å². The molecule has 0 spiro atoms. The van der Waals surface area contributed by atoms with Crippen LogP contribution in [0.1, 0.15) is 33.2 Å². The maximum absolute atomic E-state index is 12.8. The molecule has 1 atom stereocenters. The van der Waals surface area contributed by atoms with Gasteiger partial charge in [0.05, 0.1) is 7.11 Å². The zero-order valence-corrected chi connectivity index (χ0v) is 15.2. The highest BCUT2D eigenvalue weighted by Gasteiger charge is 2.26. The fourth-order valence-corrected chi connectivity index (χ4v) is 4.43. The summed E-state index contributed by atoms with van der Waals surface area (Å²) in [6.07, 6.45) is 2.70. The summed E-state index contributed by atoms with van der Waals surface area (Å²) in [6, 6.07) is 8.53. The number of carbonyl (C=O) groups excluding carboxylic acids is 1. The van der Waals surface area contributed by atoms with Crippen LogP contribution in [-0.4, -0.2) is 46.5 Å². The van der Waals surface area contributed by atoms with E-state index in [1.807, 2.05) is 16.7 Å². The van der Waals surface area contributed by atoms with Gasteiger partial charge in [-0.15, -0.1) is 5.10 Å². The average molecular weight is 345 g/mol. The second kappa shape index (κ2) is 7.30. The summed E-state index contributed by atoms with van der Waals surface area (Å²) in [7, 11) is 3.34. The van der Waals surface area contributed by atoms with Gasteiger partial charge in [-0.1, -0.05) is 24.3 Å². The first kappa shape index (κ1) is 16.9. The Hall–Kier alpha value is -1.95. The fourth-order valence-electron chi connectivity index (χ4n) is 3.11. The third-order valence-corrected chi connectivity index (χ3v) is 5.69. The molecule has 24 heavy (non-hydrogen) atoms. The molecule has 1 fully saturated rings. The Bertz CT molecular complexity index is 729. The van der Waals surface area contributed by atoms with Crippen LogP contribution in [0.2, 0.25) is 0 Å². The number of ether oxygens (including phenoxy) is 1. The number of nitrogens with zero attached hydrogens (tertiary/aromatic N) is 3. The zero-order valence-electron chi connectivity index (χ0n) is 14.4. The summed E-state index contributed by atoms with van der Waals surface area (Å²) < 4.78 is 6.85. The highest BCUT2D eigenvalue weighted by molar-refractivity contribution is 7.99. The van der Waals surface area contributed by atoms with E-state index in [0.717, 1.165) is 25.3 Å². The van der Waals surface area contributed by atoms with E-state index in [9.17, 15) is 4.79 Å². The van der Waals surface area contributed by atoms with Crippen LogP contribution < -0.4 is 4.74 Å². The molecule has 5 nitrogen and oxygen atoms in total. The van der Waals surface area contributed by atoms with E-state index in [1.54, 1.807) is 25.0 Å². The van der Waals surface area contributed by atoms with Crippen LogP contribution in [0.5, 0.6) is 5.88 Å². The van der Waals surface area contributed by atoms with E-state index in [0.29, 0.717) is 16.7 Å². The lowest BCUT2D eigenvalue weighted by Crippen LogP contribution is -2.33. The molecule has 0 saturated carbocycles. The third-order valence-electron chi connectivity index (χ3n) is 4.38. The minimum atomic E-state index is 0.00554. The lowest BCUT2D eigenvalue weighted by molar-refractivity contribution is 0.0763. The van der Waals surface area contributed by atoms with Gasteiger partial charge in [-0.25, -0.2) is 0 Å². The Balaban J connectivity index is 1.73. The van der Waals surface area contributed by atoms with Crippen LogP contribution in [0, 0.1) is 6.92 Å². The Morgan fingerprint density at radius 3 is 2.88 bits per heavy atom. The van der Waals surface area contributed by atoms with Gasteiger partial charge in [-0.2, -0.15) is 11.8 Å². The minimum Gasteiger partial charge on any atom is -0.479 e. The van der Waals surface area contributed by atoms with Gasteiger partial charge in [0, 0.05) is 37.3 Å². The molecule has 2 aromatic rings. The van der Waals surface area contributed by atoms with Crippen molar-refractivity contribution >= 4 is 17.7 Å². The van der Waals surface area contributed by atoms with Gasteiger partial charge in [-0.05, 0) is 24.5 Å². The number of benzene rings is 1. The standard InChI is InChI=1S/C18H23N3O2S/c1-13-6-4-5-7-14(13)16-8-9-21(10-11-24-16)18(22)15-12-20(2)19-17(15)23-3/h4-7,12,16H,8-11H2,1-3H3. The second-order valence-corrected chi connectivity index (χ2v) is 7.33. The Morgan fingerprint density at radius 1 is 1.33 bits per heavy atom. The minimum absolute atomic E-state index is 0.00554. The molecule has 1 aromatic heterocycles. The number of thioether (sulfide) groups is 1. The molecule has 3 rings (SSSR count). The Morgan fingerprint density at radius 2 is 2.12 bits per heavy atom. The molecule has 1 amide bonds. The van der Waals surface area contributed by atoms with E-state index < -0.39 is 0 Å². The van der Waals surface area contributed by atoms with Crippen molar-refractivity contribution in [2.45, 2.75) is 18.6 Å². The van der Waals surface area contributed by atoms with Crippen molar-refractivity contribution in [3.8, 4) is 5.88 Å². The van der Waals surface area contributed by atoms with Gasteiger partial charge in [0.25, 0.3) is 5.91 Å². The molecule has 0 bridgehead atoms. The fraction of sp³-hybridized carbons (Fsp3) is 0.444. The van der Waals surface area contributed by atoms with Crippen LogP contribution >= 0.6 is 11.8 Å². The van der Waals surface area contributed by atoms with Crippen molar-refractivity contribution in [1.82, 2.24) is 14.7 Å². The first-order valence-electron chi connectivity index (χ1n) is 8.14. The number of aryl methyl sites for hydroxylation is 2. The Labute approximate surface area is 147 Å². The maximum atomic E-state index is 12.8. The van der Waals surface area contributed by atoms with Gasteiger partial charge in [-0.3, -0.25) is 9.48 Å². The van der Waals surface area contributed by atoms with Crippen molar-refractivity contribution in [2.24, 2.45) is 7.05 Å². The summed E-state index contributed by atoms with van der Waals surface area (Å²) in [6.45, 7) is 3.66. The first-order valence-corrected chi connectivity index (χ1v) is 9.19. The lowest BCUT2D eigenvalue weighted by atomic mass is 10.0. The summed E-state index contributed by atoms with van der Waals surface area (Å²) in [4.78, 5) is 14.8. The average Bonchev–Trinajstić information content (AvgIpc) is 2.80. The summed E-state index contributed by atoms with van der Waals surface area (Å²) in [5.74, 6) is 1.34. The van der Waals surface area contributed by atoms with Gasteiger partial charge >= 0.3 is 0 Å². The third kappa shape index (κ3) is 3.43. The SMILES string of the molecule is COc1nn(C)cc1C(=O)N1CCSC(c2ccccc2C)CC1. The number of hydrogen-bond donors (Lipinski definition) is 0. The van der Waals surface area contributed by atoms with Crippen molar-refractivity contribution in [1.29, 1.82) is 0 Å². The van der Waals surface area contributed by atoms with Crippen molar-refractivity contribution < 1.29 is 9.53 Å². The normalized spacial score (nSPS) is 18.3. The molecule has 2 heterocycles. The molecular formula is C18H23N3O2S. The van der Waals surface area contributed by atoms with Crippen molar-refractivity contribution in [2.75, 3.05) is 26.0 Å². The second-order valence-electron chi connectivity index (χ2n) is 6.02. The zero-order chi connectivity index (χ0) is 17.1. The molecular weight excluding hydrogens is 322 g/mol. The van der Waals surface area contributed by atoms with Crippen LogP contribution in [-0.2, 0) is 7.05 Å². The van der Waals surface area contributed by atoms with E-state index >= 15 is 0 Å². The number of amides is 1. The largest absolute Gasteiger partial charge is 0.479 e. The molecule has 6 heteroatoms. The van der Waals surface area contributed by atoms with Crippen LogP contribution in [0.4, 0.5) is 0 Å². The number of hydrogen-bond acceptors (Lipinski definition) is 4. The van der Waals surface area contributed by atoms with Gasteiger partial charge in [0.15, 0.2) is 0 Å². The van der Waals surface area contributed by atoms with Gasteiger partial charge in [0.2, 0.25) is 5.88 Å². The molecule has 1 aliphatic rings. The molecule has 1 aliphatic heterocycles. The smallest absolute Gasteiger partial charge is 0.261 e. The predicted octanol–water partition coefficient (Wildman–Crippen LogP) is 3.06. The van der Waals surface area contributed by atoms with Crippen LogP contribution in [0.25, 0.3) is 0 Å². The number of carbonyl (C=O) groups is 1. The number of rotatable bonds is 3. The molecule has 0 N–H and O–H groups in total. The monoisotopic (exact) mass is 345 g/mol. The summed E-state index contributed by atoms with van der Waals surface area (Å²) in [5, 5.41) is 4.63. The van der Waals surface area contributed by atoms with Gasteiger partial charge in [0.1, 0.15) is 5.56 Å². The summed E-state index contributed by atoms with van der Waals surface area (Å²) >= 11 is 1.94. The van der Waals surface area contributed by atoms with E-state index in [2.05, 4.69) is 36.3 Å². The van der Waals surface area contributed by atoms with E-state index in [4.69, 9.17) is 4.74 Å². The van der Waals surface area contributed by atoms with Crippen LogP contribution in [0.3, 0.4) is 0 Å². The summed E-state index contributed by atoms with van der Waals surface area (Å²) in [5.41, 5.74) is 3.25. The highest BCUT2D eigenvalue weighted by atomic mass is 32.2. The molecule has 128 valence electrons. The first-order chi connectivity index (χ1) is 11.6. The molecule has 0 radical (unpaired) electrons.